The average Bonchev–Trinajstić information content (AvgIpc) is 2.44. The Kier molecular flexibility index (Phi) is 5.21. The van der Waals surface area contributed by atoms with Gasteiger partial charge in [-0.2, -0.15) is 0 Å². The van der Waals surface area contributed by atoms with Gasteiger partial charge in [0, 0.05) is 11.6 Å². The maximum Gasteiger partial charge on any atom is 0.137 e. The molecule has 112 valence electrons. The molecule has 0 saturated heterocycles. The Bertz CT molecular complexity index is 456. The fraction of sp³-hybridized carbons (Fsp3) is 0.625. The van der Waals surface area contributed by atoms with E-state index in [1.54, 1.807) is 6.07 Å². The number of benzene rings is 1. The third-order valence-corrected chi connectivity index (χ3v) is 5.66. The SMILES string of the molecule is CN(C)C1(C(N)Cc2cccc(F)c2Br)CCCCC1. The smallest absolute Gasteiger partial charge is 0.137 e. The van der Waals surface area contributed by atoms with Crippen molar-refractivity contribution in [2.75, 3.05) is 14.1 Å². The monoisotopic (exact) mass is 342 g/mol. The van der Waals surface area contributed by atoms with Crippen molar-refractivity contribution in [1.29, 1.82) is 0 Å². The summed E-state index contributed by atoms with van der Waals surface area (Å²) in [4.78, 5) is 2.28. The first kappa shape index (κ1) is 15.9. The molecule has 0 aliphatic heterocycles. The van der Waals surface area contributed by atoms with Crippen LogP contribution in [0.15, 0.2) is 22.7 Å². The highest BCUT2D eigenvalue weighted by atomic mass is 79.9. The fourth-order valence-electron chi connectivity index (χ4n) is 3.45. The molecule has 1 saturated carbocycles. The number of nitrogens with zero attached hydrogens (tertiary/aromatic N) is 1. The van der Waals surface area contributed by atoms with E-state index in [9.17, 15) is 4.39 Å². The molecule has 0 spiro atoms. The van der Waals surface area contributed by atoms with Gasteiger partial charge in [0.05, 0.1) is 4.47 Å². The Hall–Kier alpha value is -0.450. The third kappa shape index (κ3) is 3.07. The van der Waals surface area contributed by atoms with E-state index in [1.165, 1.54) is 25.3 Å². The van der Waals surface area contributed by atoms with Gasteiger partial charge in [-0.05, 0) is 60.9 Å². The molecule has 2 rings (SSSR count). The highest BCUT2D eigenvalue weighted by Gasteiger charge is 2.39. The van der Waals surface area contributed by atoms with Crippen molar-refractivity contribution in [3.8, 4) is 0 Å². The summed E-state index contributed by atoms with van der Waals surface area (Å²) in [6.07, 6.45) is 6.73. The molecule has 0 radical (unpaired) electrons. The molecule has 1 unspecified atom stereocenters. The zero-order valence-corrected chi connectivity index (χ0v) is 13.9. The molecular weight excluding hydrogens is 319 g/mol. The molecule has 2 N–H and O–H groups in total. The largest absolute Gasteiger partial charge is 0.326 e. The van der Waals surface area contributed by atoms with Gasteiger partial charge in [0.1, 0.15) is 5.82 Å². The van der Waals surface area contributed by atoms with Crippen LogP contribution in [0.25, 0.3) is 0 Å². The lowest BCUT2D eigenvalue weighted by molar-refractivity contribution is 0.0715. The molecule has 0 bridgehead atoms. The van der Waals surface area contributed by atoms with Crippen molar-refractivity contribution < 1.29 is 4.39 Å². The van der Waals surface area contributed by atoms with E-state index in [0.717, 1.165) is 18.4 Å². The first-order valence-corrected chi connectivity index (χ1v) is 8.12. The van der Waals surface area contributed by atoms with Gasteiger partial charge in [-0.25, -0.2) is 4.39 Å². The van der Waals surface area contributed by atoms with Crippen LogP contribution in [-0.2, 0) is 6.42 Å². The van der Waals surface area contributed by atoms with Gasteiger partial charge in [0.25, 0.3) is 0 Å². The number of nitrogens with two attached hydrogens (primary N) is 1. The number of likely N-dealkylation sites (N-methyl/N-ethyl adjacent to an activating group) is 1. The maximum atomic E-state index is 13.6. The summed E-state index contributed by atoms with van der Waals surface area (Å²) in [5, 5.41) is 0. The first-order valence-electron chi connectivity index (χ1n) is 7.33. The molecule has 1 aromatic rings. The van der Waals surface area contributed by atoms with E-state index in [0.29, 0.717) is 10.9 Å². The summed E-state index contributed by atoms with van der Waals surface area (Å²) in [7, 11) is 4.23. The molecule has 0 heterocycles. The van der Waals surface area contributed by atoms with Gasteiger partial charge in [-0.3, -0.25) is 0 Å². The lowest BCUT2D eigenvalue weighted by Gasteiger charge is -2.47. The normalized spacial score (nSPS) is 20.1. The maximum absolute atomic E-state index is 13.6. The minimum atomic E-state index is -0.211. The van der Waals surface area contributed by atoms with Crippen LogP contribution in [-0.4, -0.2) is 30.6 Å². The molecule has 2 nitrogen and oxygen atoms in total. The molecule has 0 aromatic heterocycles. The second kappa shape index (κ2) is 6.54. The lowest BCUT2D eigenvalue weighted by atomic mass is 9.74. The summed E-state index contributed by atoms with van der Waals surface area (Å²) < 4.78 is 14.2. The number of hydrogen-bond donors (Lipinski definition) is 1. The van der Waals surface area contributed by atoms with Gasteiger partial charge in [0.2, 0.25) is 0 Å². The van der Waals surface area contributed by atoms with E-state index >= 15 is 0 Å². The minimum Gasteiger partial charge on any atom is -0.326 e. The highest BCUT2D eigenvalue weighted by Crippen LogP contribution is 2.36. The van der Waals surface area contributed by atoms with E-state index in [4.69, 9.17) is 5.73 Å². The van der Waals surface area contributed by atoms with Crippen LogP contribution in [0.5, 0.6) is 0 Å². The van der Waals surface area contributed by atoms with Gasteiger partial charge >= 0.3 is 0 Å². The van der Waals surface area contributed by atoms with Crippen LogP contribution >= 0.6 is 15.9 Å². The molecule has 1 atom stereocenters. The number of hydrogen-bond acceptors (Lipinski definition) is 2. The van der Waals surface area contributed by atoms with Crippen molar-refractivity contribution in [2.24, 2.45) is 5.73 Å². The Labute approximate surface area is 129 Å². The molecule has 1 aromatic carbocycles. The zero-order chi connectivity index (χ0) is 14.8. The van der Waals surface area contributed by atoms with E-state index < -0.39 is 0 Å². The topological polar surface area (TPSA) is 29.3 Å². The van der Waals surface area contributed by atoms with Crippen molar-refractivity contribution in [3.63, 3.8) is 0 Å². The molecular formula is C16H24BrFN2. The predicted molar refractivity (Wildman–Crippen MR) is 85.3 cm³/mol. The summed E-state index contributed by atoms with van der Waals surface area (Å²) in [6.45, 7) is 0. The van der Waals surface area contributed by atoms with Crippen LogP contribution in [0.2, 0.25) is 0 Å². The fourth-order valence-corrected chi connectivity index (χ4v) is 3.87. The second-order valence-corrected chi connectivity index (χ2v) is 6.88. The van der Waals surface area contributed by atoms with Gasteiger partial charge < -0.3 is 10.6 Å². The summed E-state index contributed by atoms with van der Waals surface area (Å²) in [5.41, 5.74) is 7.56. The average molecular weight is 343 g/mol. The van der Waals surface area contributed by atoms with Crippen molar-refractivity contribution in [1.82, 2.24) is 4.90 Å². The zero-order valence-electron chi connectivity index (χ0n) is 12.3. The standard InChI is InChI=1S/C16H24BrFN2/c1-20(2)16(9-4-3-5-10-16)14(19)11-12-7-6-8-13(18)15(12)17/h6-8,14H,3-5,9-11,19H2,1-2H3. The van der Waals surface area contributed by atoms with Crippen molar-refractivity contribution >= 4 is 15.9 Å². The second-order valence-electron chi connectivity index (χ2n) is 6.08. The molecule has 1 aliphatic carbocycles. The van der Waals surface area contributed by atoms with Gasteiger partial charge in [-0.1, -0.05) is 31.4 Å². The minimum absolute atomic E-state index is 0.0240. The molecule has 1 aliphatic rings. The van der Waals surface area contributed by atoms with Crippen molar-refractivity contribution in [2.45, 2.75) is 50.1 Å². The van der Waals surface area contributed by atoms with E-state index in [2.05, 4.69) is 34.9 Å². The Morgan fingerprint density at radius 3 is 2.55 bits per heavy atom. The first-order chi connectivity index (χ1) is 9.47. The highest BCUT2D eigenvalue weighted by molar-refractivity contribution is 9.10. The van der Waals surface area contributed by atoms with Gasteiger partial charge in [0.15, 0.2) is 0 Å². The molecule has 1 fully saturated rings. The summed E-state index contributed by atoms with van der Waals surface area (Å²) in [5.74, 6) is -0.211. The van der Waals surface area contributed by atoms with Gasteiger partial charge in [-0.15, -0.1) is 0 Å². The number of rotatable bonds is 4. The molecule has 0 amide bonds. The lowest BCUT2D eigenvalue weighted by Crippen LogP contribution is -2.59. The van der Waals surface area contributed by atoms with Crippen LogP contribution < -0.4 is 5.73 Å². The Morgan fingerprint density at radius 1 is 1.30 bits per heavy atom. The predicted octanol–water partition coefficient (Wildman–Crippen LogP) is 3.72. The van der Waals surface area contributed by atoms with E-state index in [-0.39, 0.29) is 17.4 Å². The van der Waals surface area contributed by atoms with Crippen LogP contribution in [0.3, 0.4) is 0 Å². The summed E-state index contributed by atoms with van der Waals surface area (Å²) in [6, 6.07) is 5.21. The van der Waals surface area contributed by atoms with Crippen LogP contribution in [0.1, 0.15) is 37.7 Å². The third-order valence-electron chi connectivity index (χ3n) is 4.77. The van der Waals surface area contributed by atoms with Crippen LogP contribution in [0.4, 0.5) is 4.39 Å². The Balaban J connectivity index is 2.20. The molecule has 20 heavy (non-hydrogen) atoms. The number of halogens is 2. The summed E-state index contributed by atoms with van der Waals surface area (Å²) >= 11 is 3.34. The molecule has 4 heteroatoms. The van der Waals surface area contributed by atoms with Crippen molar-refractivity contribution in [3.05, 3.63) is 34.1 Å². The quantitative estimate of drug-likeness (QED) is 0.903. The van der Waals surface area contributed by atoms with E-state index in [1.807, 2.05) is 6.07 Å². The van der Waals surface area contributed by atoms with Crippen LogP contribution in [0, 0.1) is 5.82 Å². The Morgan fingerprint density at radius 2 is 1.95 bits per heavy atom.